The highest BCUT2D eigenvalue weighted by Gasteiger charge is 1.98. The zero-order chi connectivity index (χ0) is 8.10. The lowest BCUT2D eigenvalue weighted by molar-refractivity contribution is -0.139. The number of aromatic nitrogens is 2. The number of nitrogens with zero attached hydrogens (tertiary/aromatic N) is 2. The van der Waals surface area contributed by atoms with Gasteiger partial charge in [0.15, 0.2) is 6.61 Å². The van der Waals surface area contributed by atoms with Crippen molar-refractivity contribution in [3.63, 3.8) is 0 Å². The lowest BCUT2D eigenvalue weighted by Gasteiger charge is -1.97. The van der Waals surface area contributed by atoms with E-state index in [0.29, 0.717) is 0 Å². The predicted molar refractivity (Wildman–Crippen MR) is 35.2 cm³/mol. The molecule has 0 saturated heterocycles. The molecule has 1 aromatic rings. The topological polar surface area (TPSA) is 72.3 Å². The van der Waals surface area contributed by atoms with Crippen LogP contribution in [0, 0.1) is 0 Å². The number of carboxylic acid groups (broad SMARTS) is 1. The molecule has 1 heterocycles. The summed E-state index contributed by atoms with van der Waals surface area (Å²) in [5, 5.41) is 15.2. The fourth-order valence-electron chi connectivity index (χ4n) is 0.500. The van der Waals surface area contributed by atoms with Crippen LogP contribution in [0.5, 0.6) is 5.88 Å². The van der Waals surface area contributed by atoms with Crippen molar-refractivity contribution >= 4 is 5.97 Å². The van der Waals surface area contributed by atoms with E-state index in [4.69, 9.17) is 9.84 Å². The minimum Gasteiger partial charge on any atom is -0.479 e. The highest BCUT2D eigenvalue weighted by Crippen LogP contribution is 1.99. The van der Waals surface area contributed by atoms with E-state index in [1.165, 1.54) is 12.3 Å². The van der Waals surface area contributed by atoms with Crippen molar-refractivity contribution in [2.75, 3.05) is 6.61 Å². The molecule has 1 aromatic heterocycles. The Morgan fingerprint density at radius 1 is 1.73 bits per heavy atom. The molecule has 0 bridgehead atoms. The van der Waals surface area contributed by atoms with Gasteiger partial charge in [0.25, 0.3) is 0 Å². The third-order valence-electron chi connectivity index (χ3n) is 0.891. The maximum absolute atomic E-state index is 10.00. The van der Waals surface area contributed by atoms with Crippen LogP contribution in [0.2, 0.25) is 0 Å². The largest absolute Gasteiger partial charge is 0.479 e. The first-order chi connectivity index (χ1) is 5.29. The Morgan fingerprint density at radius 2 is 2.55 bits per heavy atom. The maximum atomic E-state index is 10.00. The summed E-state index contributed by atoms with van der Waals surface area (Å²) >= 11 is 0. The first kappa shape index (κ1) is 7.46. The molecule has 0 aliphatic rings. The molecule has 0 amide bonds. The number of ether oxygens (including phenoxy) is 1. The molecule has 11 heavy (non-hydrogen) atoms. The number of hydrogen-bond donors (Lipinski definition) is 1. The van der Waals surface area contributed by atoms with Crippen LogP contribution in [0.4, 0.5) is 0 Å². The first-order valence-corrected chi connectivity index (χ1v) is 2.91. The van der Waals surface area contributed by atoms with Crippen LogP contribution in [0.1, 0.15) is 0 Å². The van der Waals surface area contributed by atoms with Gasteiger partial charge in [-0.05, 0) is 6.07 Å². The SMILES string of the molecule is O=C(O)COc1cccnn1. The van der Waals surface area contributed by atoms with Crippen LogP contribution < -0.4 is 4.74 Å². The van der Waals surface area contributed by atoms with Crippen molar-refractivity contribution in [1.82, 2.24) is 10.2 Å². The minimum atomic E-state index is -1.03. The molecule has 5 heteroatoms. The van der Waals surface area contributed by atoms with Crippen molar-refractivity contribution in [3.05, 3.63) is 18.3 Å². The summed E-state index contributed by atoms with van der Waals surface area (Å²) in [6, 6.07) is 3.15. The standard InChI is InChI=1S/C6H6N2O3/c9-6(10)4-11-5-2-1-3-7-8-5/h1-3H,4H2,(H,9,10). The van der Waals surface area contributed by atoms with Gasteiger partial charge in [-0.25, -0.2) is 4.79 Å². The highest BCUT2D eigenvalue weighted by molar-refractivity contribution is 5.68. The Balaban J connectivity index is 2.45. The molecule has 0 aliphatic carbocycles. The predicted octanol–water partition coefficient (Wildman–Crippen LogP) is -0.0600. The van der Waals surface area contributed by atoms with E-state index in [9.17, 15) is 4.79 Å². The second-order valence-corrected chi connectivity index (χ2v) is 1.74. The van der Waals surface area contributed by atoms with Crippen LogP contribution in [0.3, 0.4) is 0 Å². The molecule has 1 rings (SSSR count). The van der Waals surface area contributed by atoms with Gasteiger partial charge in [0.05, 0.1) is 0 Å². The summed E-state index contributed by atoms with van der Waals surface area (Å²) in [6.45, 7) is -0.390. The Labute approximate surface area is 62.6 Å². The van der Waals surface area contributed by atoms with E-state index in [-0.39, 0.29) is 5.88 Å². The normalized spacial score (nSPS) is 9.09. The van der Waals surface area contributed by atoms with Gasteiger partial charge in [0.1, 0.15) is 0 Å². The molecule has 0 fully saturated rings. The van der Waals surface area contributed by atoms with E-state index in [0.717, 1.165) is 0 Å². The number of aliphatic carboxylic acids is 1. The van der Waals surface area contributed by atoms with Crippen molar-refractivity contribution < 1.29 is 14.6 Å². The van der Waals surface area contributed by atoms with Crippen LogP contribution in [0.25, 0.3) is 0 Å². The summed E-state index contributed by atoms with van der Waals surface area (Å²) in [4.78, 5) is 10.00. The maximum Gasteiger partial charge on any atom is 0.341 e. The van der Waals surface area contributed by atoms with Gasteiger partial charge in [0.2, 0.25) is 5.88 Å². The summed E-state index contributed by atoms with van der Waals surface area (Å²) in [6.07, 6.45) is 1.48. The molecular formula is C6H6N2O3. The third-order valence-corrected chi connectivity index (χ3v) is 0.891. The van der Waals surface area contributed by atoms with Gasteiger partial charge < -0.3 is 9.84 Å². The lowest BCUT2D eigenvalue weighted by atomic mass is 10.6. The van der Waals surface area contributed by atoms with Crippen LogP contribution in [-0.2, 0) is 4.79 Å². The molecule has 0 atom stereocenters. The smallest absolute Gasteiger partial charge is 0.341 e. The molecule has 0 aliphatic heterocycles. The Bertz CT molecular complexity index is 237. The van der Waals surface area contributed by atoms with Crippen LogP contribution >= 0.6 is 0 Å². The second kappa shape index (κ2) is 3.50. The second-order valence-electron chi connectivity index (χ2n) is 1.74. The summed E-state index contributed by atoms with van der Waals surface area (Å²) in [7, 11) is 0. The van der Waals surface area contributed by atoms with Crippen LogP contribution in [0.15, 0.2) is 18.3 Å². The van der Waals surface area contributed by atoms with Crippen molar-refractivity contribution in [2.24, 2.45) is 0 Å². The Morgan fingerprint density at radius 3 is 3.09 bits per heavy atom. The molecule has 0 spiro atoms. The molecule has 0 aromatic carbocycles. The van der Waals surface area contributed by atoms with Crippen molar-refractivity contribution in [1.29, 1.82) is 0 Å². The Kier molecular flexibility index (Phi) is 2.37. The lowest BCUT2D eigenvalue weighted by Crippen LogP contribution is -2.10. The molecule has 58 valence electrons. The summed E-state index contributed by atoms with van der Waals surface area (Å²) < 4.78 is 4.69. The zero-order valence-electron chi connectivity index (χ0n) is 5.60. The molecular weight excluding hydrogens is 148 g/mol. The number of hydrogen-bond acceptors (Lipinski definition) is 4. The van der Waals surface area contributed by atoms with Gasteiger partial charge in [-0.1, -0.05) is 0 Å². The van der Waals surface area contributed by atoms with Crippen molar-refractivity contribution in [3.8, 4) is 5.88 Å². The van der Waals surface area contributed by atoms with E-state index in [1.54, 1.807) is 6.07 Å². The molecule has 1 N–H and O–H groups in total. The Hall–Kier alpha value is -1.65. The van der Waals surface area contributed by atoms with Gasteiger partial charge in [-0.2, -0.15) is 5.10 Å². The minimum absolute atomic E-state index is 0.218. The van der Waals surface area contributed by atoms with Crippen LogP contribution in [-0.4, -0.2) is 27.9 Å². The first-order valence-electron chi connectivity index (χ1n) is 2.91. The molecule has 0 radical (unpaired) electrons. The highest BCUT2D eigenvalue weighted by atomic mass is 16.5. The van der Waals surface area contributed by atoms with Gasteiger partial charge >= 0.3 is 5.97 Å². The van der Waals surface area contributed by atoms with Gasteiger partial charge in [0, 0.05) is 12.3 Å². The monoisotopic (exact) mass is 154 g/mol. The van der Waals surface area contributed by atoms with Crippen molar-refractivity contribution in [2.45, 2.75) is 0 Å². The van der Waals surface area contributed by atoms with Gasteiger partial charge in [-0.15, -0.1) is 5.10 Å². The quantitative estimate of drug-likeness (QED) is 0.660. The van der Waals surface area contributed by atoms with E-state index < -0.39 is 12.6 Å². The zero-order valence-corrected chi connectivity index (χ0v) is 5.60. The number of carboxylic acids is 1. The fourth-order valence-corrected chi connectivity index (χ4v) is 0.500. The molecule has 0 saturated carbocycles. The molecule has 5 nitrogen and oxygen atoms in total. The fraction of sp³-hybridized carbons (Fsp3) is 0.167. The number of rotatable bonds is 3. The van der Waals surface area contributed by atoms with Gasteiger partial charge in [-0.3, -0.25) is 0 Å². The molecule has 0 unspecified atom stereocenters. The van der Waals surface area contributed by atoms with E-state index in [2.05, 4.69) is 10.2 Å². The summed E-state index contributed by atoms with van der Waals surface area (Å²) in [5.41, 5.74) is 0. The third kappa shape index (κ3) is 2.61. The number of carbonyl (C=O) groups is 1. The van der Waals surface area contributed by atoms with E-state index in [1.807, 2.05) is 0 Å². The average Bonchev–Trinajstić information content (AvgIpc) is 2.03. The summed E-state index contributed by atoms with van der Waals surface area (Å²) in [5.74, 6) is -0.814. The average molecular weight is 154 g/mol. The van der Waals surface area contributed by atoms with E-state index >= 15 is 0 Å².